The fourth-order valence-electron chi connectivity index (χ4n) is 2.01. The zero-order valence-corrected chi connectivity index (χ0v) is 9.95. The van der Waals surface area contributed by atoms with Crippen LogP contribution >= 0.6 is 0 Å². The number of carbonyl (C=O) groups excluding carboxylic acids is 1. The largest absolute Gasteiger partial charge is 0.395 e. The molecule has 1 rings (SSSR count). The van der Waals surface area contributed by atoms with Crippen molar-refractivity contribution in [3.63, 3.8) is 0 Å². The molecular weight excluding hydrogens is 208 g/mol. The summed E-state index contributed by atoms with van der Waals surface area (Å²) in [6, 6.07) is 0.155. The topological polar surface area (TPSA) is 61.8 Å². The molecule has 2 N–H and O–H groups in total. The van der Waals surface area contributed by atoms with E-state index in [0.29, 0.717) is 19.7 Å². The predicted octanol–water partition coefficient (Wildman–Crippen LogP) is -0.404. The Morgan fingerprint density at radius 1 is 1.56 bits per heavy atom. The normalized spacial score (nSPS) is 22.0. The third kappa shape index (κ3) is 4.47. The summed E-state index contributed by atoms with van der Waals surface area (Å²) in [5.41, 5.74) is 0. The molecule has 1 atom stereocenters. The highest BCUT2D eigenvalue weighted by atomic mass is 16.5. The number of aliphatic hydroxyl groups is 1. The van der Waals surface area contributed by atoms with Gasteiger partial charge in [-0.3, -0.25) is 9.69 Å². The van der Waals surface area contributed by atoms with Gasteiger partial charge in [0.25, 0.3) is 0 Å². The molecule has 1 aliphatic heterocycles. The molecule has 1 fully saturated rings. The highest BCUT2D eigenvalue weighted by molar-refractivity contribution is 5.78. The number of carbonyl (C=O) groups is 1. The molecule has 0 saturated carbocycles. The van der Waals surface area contributed by atoms with Gasteiger partial charge in [-0.05, 0) is 19.4 Å². The van der Waals surface area contributed by atoms with E-state index in [0.717, 1.165) is 25.8 Å². The van der Waals surface area contributed by atoms with Crippen molar-refractivity contribution in [1.82, 2.24) is 10.2 Å². The summed E-state index contributed by atoms with van der Waals surface area (Å²) < 4.78 is 4.86. The highest BCUT2D eigenvalue weighted by Gasteiger charge is 2.23. The number of nitrogens with one attached hydrogen (secondary N) is 1. The highest BCUT2D eigenvalue weighted by Crippen LogP contribution is 2.15. The minimum atomic E-state index is 0.0115. The van der Waals surface area contributed by atoms with Crippen LogP contribution in [0.4, 0.5) is 0 Å². The Balaban J connectivity index is 2.25. The van der Waals surface area contributed by atoms with Crippen LogP contribution in [0.2, 0.25) is 0 Å². The maximum atomic E-state index is 11.6. The van der Waals surface area contributed by atoms with Gasteiger partial charge in [-0.2, -0.15) is 0 Å². The molecule has 16 heavy (non-hydrogen) atoms. The number of nitrogens with zero attached hydrogens (tertiary/aromatic N) is 1. The average Bonchev–Trinajstić information content (AvgIpc) is 2.30. The second-order valence-corrected chi connectivity index (χ2v) is 4.15. The summed E-state index contributed by atoms with van der Waals surface area (Å²) >= 11 is 0. The van der Waals surface area contributed by atoms with Crippen molar-refractivity contribution in [3.05, 3.63) is 0 Å². The molecule has 0 bridgehead atoms. The summed E-state index contributed by atoms with van der Waals surface area (Å²) in [6.07, 6.45) is 3.25. The monoisotopic (exact) mass is 230 g/mol. The van der Waals surface area contributed by atoms with Crippen LogP contribution in [0.25, 0.3) is 0 Å². The van der Waals surface area contributed by atoms with Gasteiger partial charge in [0.15, 0.2) is 0 Å². The van der Waals surface area contributed by atoms with Gasteiger partial charge in [0.1, 0.15) is 0 Å². The van der Waals surface area contributed by atoms with Gasteiger partial charge >= 0.3 is 0 Å². The Morgan fingerprint density at radius 3 is 3.06 bits per heavy atom. The van der Waals surface area contributed by atoms with E-state index in [2.05, 4.69) is 10.2 Å². The summed E-state index contributed by atoms with van der Waals surface area (Å²) in [4.78, 5) is 13.6. The van der Waals surface area contributed by atoms with Crippen molar-refractivity contribution in [2.75, 3.05) is 40.0 Å². The number of piperidine rings is 1. The van der Waals surface area contributed by atoms with Crippen LogP contribution in [-0.4, -0.2) is 61.9 Å². The molecule has 1 saturated heterocycles. The van der Waals surface area contributed by atoms with Crippen molar-refractivity contribution in [3.8, 4) is 0 Å². The first kappa shape index (κ1) is 13.4. The molecule has 5 nitrogen and oxygen atoms in total. The number of aliphatic hydroxyl groups excluding tert-OH is 1. The van der Waals surface area contributed by atoms with Crippen molar-refractivity contribution >= 4 is 5.91 Å². The minimum Gasteiger partial charge on any atom is -0.395 e. The van der Waals surface area contributed by atoms with E-state index in [9.17, 15) is 9.90 Å². The van der Waals surface area contributed by atoms with Gasteiger partial charge in [-0.1, -0.05) is 6.42 Å². The average molecular weight is 230 g/mol. The van der Waals surface area contributed by atoms with Crippen molar-refractivity contribution in [1.29, 1.82) is 0 Å². The molecule has 1 aliphatic rings. The number of hydrogen-bond donors (Lipinski definition) is 2. The van der Waals surface area contributed by atoms with Crippen LogP contribution in [0, 0.1) is 0 Å². The van der Waals surface area contributed by atoms with E-state index < -0.39 is 0 Å². The van der Waals surface area contributed by atoms with Gasteiger partial charge < -0.3 is 15.2 Å². The maximum absolute atomic E-state index is 11.6. The quantitative estimate of drug-likeness (QED) is 0.609. The van der Waals surface area contributed by atoms with E-state index in [1.165, 1.54) is 0 Å². The Morgan fingerprint density at radius 2 is 2.38 bits per heavy atom. The first-order valence-electron chi connectivity index (χ1n) is 5.88. The molecule has 94 valence electrons. The van der Waals surface area contributed by atoms with Gasteiger partial charge in [0, 0.05) is 19.7 Å². The molecule has 0 aliphatic carbocycles. The van der Waals surface area contributed by atoms with Crippen molar-refractivity contribution in [2.45, 2.75) is 25.3 Å². The van der Waals surface area contributed by atoms with Crippen LogP contribution in [-0.2, 0) is 9.53 Å². The van der Waals surface area contributed by atoms with Crippen LogP contribution in [0.3, 0.4) is 0 Å². The molecule has 1 unspecified atom stereocenters. The third-order valence-electron chi connectivity index (χ3n) is 2.93. The van der Waals surface area contributed by atoms with Crippen molar-refractivity contribution < 1.29 is 14.6 Å². The zero-order valence-electron chi connectivity index (χ0n) is 9.95. The zero-order chi connectivity index (χ0) is 11.8. The van der Waals surface area contributed by atoms with Crippen LogP contribution in [0.1, 0.15) is 19.3 Å². The molecule has 0 aromatic heterocycles. The number of ether oxygens (including phenoxy) is 1. The number of amides is 1. The number of methoxy groups -OCH3 is 1. The molecule has 0 spiro atoms. The lowest BCUT2D eigenvalue weighted by molar-refractivity contribution is -0.123. The number of hydrogen-bond acceptors (Lipinski definition) is 4. The number of rotatable bonds is 6. The molecule has 5 heteroatoms. The molecule has 1 heterocycles. The summed E-state index contributed by atoms with van der Waals surface area (Å²) in [7, 11) is 1.61. The molecule has 0 aromatic carbocycles. The van der Waals surface area contributed by atoms with E-state index in [1.54, 1.807) is 7.11 Å². The van der Waals surface area contributed by atoms with Gasteiger partial charge in [-0.25, -0.2) is 0 Å². The lowest BCUT2D eigenvalue weighted by Crippen LogP contribution is -2.47. The van der Waals surface area contributed by atoms with E-state index in [-0.39, 0.29) is 18.6 Å². The van der Waals surface area contributed by atoms with Gasteiger partial charge in [0.05, 0.1) is 19.8 Å². The minimum absolute atomic E-state index is 0.0115. The molecule has 0 aromatic rings. The lowest BCUT2D eigenvalue weighted by Gasteiger charge is -2.33. The second-order valence-electron chi connectivity index (χ2n) is 4.15. The number of likely N-dealkylation sites (tertiary alicyclic amines) is 1. The van der Waals surface area contributed by atoms with Crippen LogP contribution in [0.5, 0.6) is 0 Å². The fourth-order valence-corrected chi connectivity index (χ4v) is 2.01. The van der Waals surface area contributed by atoms with E-state index in [1.807, 2.05) is 0 Å². The van der Waals surface area contributed by atoms with Gasteiger partial charge in [0.2, 0.25) is 5.91 Å². The van der Waals surface area contributed by atoms with Crippen LogP contribution in [0.15, 0.2) is 0 Å². The Labute approximate surface area is 96.8 Å². The lowest BCUT2D eigenvalue weighted by atomic mass is 10.0. The molecular formula is C11H22N2O3. The Bertz CT molecular complexity index is 211. The first-order valence-corrected chi connectivity index (χ1v) is 5.88. The Kier molecular flexibility index (Phi) is 6.37. The predicted molar refractivity (Wildman–Crippen MR) is 61.2 cm³/mol. The fraction of sp³-hybridized carbons (Fsp3) is 0.909. The van der Waals surface area contributed by atoms with E-state index in [4.69, 9.17) is 4.74 Å². The van der Waals surface area contributed by atoms with E-state index >= 15 is 0 Å². The SMILES string of the molecule is COCCNC(=O)CN1CCCCC1CO. The Hall–Kier alpha value is -0.650. The van der Waals surface area contributed by atoms with Crippen LogP contribution < -0.4 is 5.32 Å². The summed E-state index contributed by atoms with van der Waals surface area (Å²) in [6.45, 7) is 2.52. The maximum Gasteiger partial charge on any atom is 0.234 e. The standard InChI is InChI=1S/C11H22N2O3/c1-16-7-5-12-11(15)8-13-6-3-2-4-10(13)9-14/h10,14H,2-9H2,1H3,(H,12,15). The summed E-state index contributed by atoms with van der Waals surface area (Å²) in [5.74, 6) is 0.0115. The smallest absolute Gasteiger partial charge is 0.234 e. The molecule has 0 radical (unpaired) electrons. The summed E-state index contributed by atoms with van der Waals surface area (Å²) in [5, 5.41) is 12.0. The first-order chi connectivity index (χ1) is 7.77. The molecule has 1 amide bonds. The van der Waals surface area contributed by atoms with Crippen molar-refractivity contribution in [2.24, 2.45) is 0 Å². The third-order valence-corrected chi connectivity index (χ3v) is 2.93. The second kappa shape index (κ2) is 7.60. The van der Waals surface area contributed by atoms with Gasteiger partial charge in [-0.15, -0.1) is 0 Å².